The summed E-state index contributed by atoms with van der Waals surface area (Å²) in [5, 5.41) is 6.06. The van der Waals surface area contributed by atoms with Crippen molar-refractivity contribution in [3.8, 4) is 0 Å². The second-order valence-corrected chi connectivity index (χ2v) is 6.27. The Hall–Kier alpha value is -0.650. The van der Waals surface area contributed by atoms with Crippen LogP contribution in [0.1, 0.15) is 11.8 Å². The molecule has 86 valence electrons. The Morgan fingerprint density at radius 1 is 1.56 bits per heavy atom. The average molecular weight is 301 g/mol. The average Bonchev–Trinajstić information content (AvgIpc) is 2.58. The van der Waals surface area contributed by atoms with E-state index >= 15 is 0 Å². The number of carbonyl (C=O) groups excluding carboxylic acids is 1. The lowest BCUT2D eigenvalue weighted by molar-refractivity contribution is -0.117. The van der Waals surface area contributed by atoms with Crippen molar-refractivity contribution in [1.82, 2.24) is 10.6 Å². The third-order valence-corrected chi connectivity index (χ3v) is 4.22. The molecule has 1 aliphatic rings. The Balaban J connectivity index is 1.88. The van der Waals surface area contributed by atoms with Crippen molar-refractivity contribution >= 4 is 33.2 Å². The van der Waals surface area contributed by atoms with E-state index in [4.69, 9.17) is 0 Å². The van der Waals surface area contributed by atoms with Crippen LogP contribution in [0.2, 0.25) is 0 Å². The molecule has 0 bridgehead atoms. The smallest absolute Gasteiger partial charge is 0.247 e. The van der Waals surface area contributed by atoms with Crippen LogP contribution in [-0.4, -0.2) is 19.0 Å². The summed E-state index contributed by atoms with van der Waals surface area (Å²) in [5.74, 6) is 0.0426. The zero-order chi connectivity index (χ0) is 11.5. The predicted octanol–water partition coefficient (Wildman–Crippen LogP) is 2.05. The maximum Gasteiger partial charge on any atom is 0.247 e. The normalized spacial score (nSPS) is 14.5. The van der Waals surface area contributed by atoms with E-state index in [1.54, 1.807) is 11.3 Å². The van der Waals surface area contributed by atoms with Gasteiger partial charge in [-0.15, -0.1) is 11.3 Å². The first-order valence-electron chi connectivity index (χ1n) is 5.08. The summed E-state index contributed by atoms with van der Waals surface area (Å²) in [6.45, 7) is 4.19. The SMILES string of the molecule is CC(C(=O)NCc1ccc(Br)s1)=C1CNC1. The fourth-order valence-corrected chi connectivity index (χ4v) is 2.85. The Bertz CT molecular complexity index is 433. The molecule has 1 aliphatic heterocycles. The Morgan fingerprint density at radius 3 is 2.81 bits per heavy atom. The van der Waals surface area contributed by atoms with Crippen LogP contribution in [0.4, 0.5) is 0 Å². The van der Waals surface area contributed by atoms with Gasteiger partial charge < -0.3 is 10.6 Å². The van der Waals surface area contributed by atoms with Crippen LogP contribution in [-0.2, 0) is 11.3 Å². The van der Waals surface area contributed by atoms with E-state index in [1.165, 1.54) is 5.57 Å². The van der Waals surface area contributed by atoms with Crippen molar-refractivity contribution in [2.75, 3.05) is 13.1 Å². The molecule has 0 saturated carbocycles. The van der Waals surface area contributed by atoms with Crippen molar-refractivity contribution in [2.45, 2.75) is 13.5 Å². The standard InChI is InChI=1S/C11H13BrN2OS/c1-7(8-4-13-5-8)11(15)14-6-9-2-3-10(12)16-9/h2-3,13H,4-6H2,1H3,(H,14,15). The van der Waals surface area contributed by atoms with E-state index < -0.39 is 0 Å². The van der Waals surface area contributed by atoms with Crippen LogP contribution in [0, 0.1) is 0 Å². The second kappa shape index (κ2) is 5.12. The lowest BCUT2D eigenvalue weighted by atomic mass is 10.0. The quantitative estimate of drug-likeness (QED) is 0.839. The first-order chi connectivity index (χ1) is 7.66. The molecule has 5 heteroatoms. The van der Waals surface area contributed by atoms with Crippen LogP contribution >= 0.6 is 27.3 Å². The summed E-state index contributed by atoms with van der Waals surface area (Å²) in [4.78, 5) is 12.9. The van der Waals surface area contributed by atoms with Crippen molar-refractivity contribution in [1.29, 1.82) is 0 Å². The van der Waals surface area contributed by atoms with Crippen LogP contribution in [0.5, 0.6) is 0 Å². The first kappa shape index (κ1) is 11.8. The summed E-state index contributed by atoms with van der Waals surface area (Å²) in [6.07, 6.45) is 0. The maximum atomic E-state index is 11.8. The Kier molecular flexibility index (Phi) is 3.78. The lowest BCUT2D eigenvalue weighted by Crippen LogP contribution is -2.37. The molecule has 0 atom stereocenters. The highest BCUT2D eigenvalue weighted by atomic mass is 79.9. The molecule has 1 aromatic rings. The van der Waals surface area contributed by atoms with E-state index in [1.807, 2.05) is 19.1 Å². The molecule has 1 amide bonds. The Morgan fingerprint density at radius 2 is 2.31 bits per heavy atom. The van der Waals surface area contributed by atoms with E-state index in [2.05, 4.69) is 26.6 Å². The van der Waals surface area contributed by atoms with Crippen LogP contribution in [0.15, 0.2) is 27.1 Å². The van der Waals surface area contributed by atoms with Crippen molar-refractivity contribution < 1.29 is 4.79 Å². The summed E-state index contributed by atoms with van der Waals surface area (Å²) in [5.41, 5.74) is 2.07. The maximum absolute atomic E-state index is 11.8. The molecule has 0 aliphatic carbocycles. The number of thiophene rings is 1. The van der Waals surface area contributed by atoms with Gasteiger partial charge >= 0.3 is 0 Å². The number of rotatable bonds is 3. The molecule has 2 heterocycles. The van der Waals surface area contributed by atoms with Gasteiger partial charge in [-0.3, -0.25) is 4.79 Å². The monoisotopic (exact) mass is 300 g/mol. The molecule has 2 rings (SSSR count). The number of amides is 1. The van der Waals surface area contributed by atoms with Gasteiger partial charge in [0.25, 0.3) is 0 Å². The van der Waals surface area contributed by atoms with E-state index in [9.17, 15) is 4.79 Å². The van der Waals surface area contributed by atoms with Crippen molar-refractivity contribution in [3.63, 3.8) is 0 Å². The molecule has 0 radical (unpaired) electrons. The fraction of sp³-hybridized carbons (Fsp3) is 0.364. The van der Waals surface area contributed by atoms with E-state index in [0.29, 0.717) is 6.54 Å². The van der Waals surface area contributed by atoms with Crippen LogP contribution in [0.3, 0.4) is 0 Å². The van der Waals surface area contributed by atoms with Gasteiger partial charge in [0.1, 0.15) is 0 Å². The first-order valence-corrected chi connectivity index (χ1v) is 6.69. The Labute approximate surface area is 107 Å². The molecule has 2 N–H and O–H groups in total. The van der Waals surface area contributed by atoms with Crippen molar-refractivity contribution in [3.05, 3.63) is 31.9 Å². The van der Waals surface area contributed by atoms with Gasteiger partial charge in [0.2, 0.25) is 5.91 Å². The van der Waals surface area contributed by atoms with E-state index in [0.717, 1.165) is 27.3 Å². The minimum Gasteiger partial charge on any atom is -0.347 e. The molecule has 3 nitrogen and oxygen atoms in total. The van der Waals surface area contributed by atoms with Gasteiger partial charge in [-0.05, 0) is 40.6 Å². The largest absolute Gasteiger partial charge is 0.347 e. The topological polar surface area (TPSA) is 41.1 Å². The number of hydrogen-bond acceptors (Lipinski definition) is 3. The molecule has 0 spiro atoms. The van der Waals surface area contributed by atoms with Gasteiger partial charge in [0.05, 0.1) is 10.3 Å². The third kappa shape index (κ3) is 2.72. The van der Waals surface area contributed by atoms with Gasteiger partial charge in [0, 0.05) is 23.5 Å². The van der Waals surface area contributed by atoms with Gasteiger partial charge in [0.15, 0.2) is 0 Å². The van der Waals surface area contributed by atoms with Gasteiger partial charge in [-0.2, -0.15) is 0 Å². The highest BCUT2D eigenvalue weighted by Crippen LogP contribution is 2.21. The second-order valence-electron chi connectivity index (χ2n) is 3.72. The summed E-state index contributed by atoms with van der Waals surface area (Å²) >= 11 is 5.04. The summed E-state index contributed by atoms with van der Waals surface area (Å²) in [6, 6.07) is 4.01. The third-order valence-electron chi connectivity index (χ3n) is 2.60. The van der Waals surface area contributed by atoms with Gasteiger partial charge in [-0.1, -0.05) is 0 Å². The molecule has 1 fully saturated rings. The minimum atomic E-state index is 0.0426. The fourth-order valence-electron chi connectivity index (χ4n) is 1.42. The number of hydrogen-bond donors (Lipinski definition) is 2. The number of carbonyl (C=O) groups is 1. The lowest BCUT2D eigenvalue weighted by Gasteiger charge is -2.21. The molecular formula is C11H13BrN2OS. The molecule has 1 aromatic heterocycles. The zero-order valence-corrected chi connectivity index (χ0v) is 11.4. The van der Waals surface area contributed by atoms with E-state index in [-0.39, 0.29) is 5.91 Å². The molecule has 16 heavy (non-hydrogen) atoms. The summed E-state index contributed by atoms with van der Waals surface area (Å²) < 4.78 is 1.09. The number of halogens is 1. The van der Waals surface area contributed by atoms with Crippen molar-refractivity contribution in [2.24, 2.45) is 0 Å². The molecule has 1 saturated heterocycles. The summed E-state index contributed by atoms with van der Waals surface area (Å²) in [7, 11) is 0. The van der Waals surface area contributed by atoms with Gasteiger partial charge in [-0.25, -0.2) is 0 Å². The molecular weight excluding hydrogens is 288 g/mol. The highest BCUT2D eigenvalue weighted by Gasteiger charge is 2.15. The molecule has 0 unspecified atom stereocenters. The van der Waals surface area contributed by atoms with Crippen LogP contribution in [0.25, 0.3) is 0 Å². The zero-order valence-electron chi connectivity index (χ0n) is 8.97. The minimum absolute atomic E-state index is 0.0426. The number of nitrogens with one attached hydrogen (secondary N) is 2. The highest BCUT2D eigenvalue weighted by molar-refractivity contribution is 9.11. The van der Waals surface area contributed by atoms with Crippen LogP contribution < -0.4 is 10.6 Å². The predicted molar refractivity (Wildman–Crippen MR) is 69.4 cm³/mol. The molecule has 0 aromatic carbocycles.